The Labute approximate surface area is 140 Å². The van der Waals surface area contributed by atoms with Crippen LogP contribution in [0.2, 0.25) is 0 Å². The number of carbonyl (C=O) groups excluding carboxylic acids is 1. The third-order valence-corrected chi connectivity index (χ3v) is 4.09. The Kier molecular flexibility index (Phi) is 4.84. The Hall–Kier alpha value is -2.35. The van der Waals surface area contributed by atoms with E-state index in [1.807, 2.05) is 4.90 Å². The maximum atomic E-state index is 12.8. The second kappa shape index (κ2) is 7.04. The van der Waals surface area contributed by atoms with Crippen molar-refractivity contribution in [3.63, 3.8) is 0 Å². The van der Waals surface area contributed by atoms with Crippen molar-refractivity contribution in [2.24, 2.45) is 5.92 Å². The van der Waals surface area contributed by atoms with Crippen LogP contribution in [0.3, 0.4) is 0 Å². The summed E-state index contributed by atoms with van der Waals surface area (Å²) in [6, 6.07) is 0.156. The molecule has 2 aromatic rings. The highest BCUT2D eigenvalue weighted by atomic mass is 16.5. The van der Waals surface area contributed by atoms with E-state index in [1.54, 1.807) is 12.4 Å². The first kappa shape index (κ1) is 16.5. The molecule has 8 heteroatoms. The van der Waals surface area contributed by atoms with E-state index in [9.17, 15) is 4.79 Å². The molecule has 1 fully saturated rings. The first-order valence-electron chi connectivity index (χ1n) is 8.14. The standard InChI is InChI=1S/C16H22N6O2/c1-11(2)8-12-10-21(3)6-7-22(12)16(23)15-19-14(20-24-15)13-9-17-4-5-18-13/h4-5,9,11-12H,6-8,10H2,1-3H3. The zero-order chi connectivity index (χ0) is 17.1. The molecule has 0 radical (unpaired) electrons. The molecule has 1 amide bonds. The number of likely N-dealkylation sites (N-methyl/N-ethyl adjacent to an activating group) is 1. The monoisotopic (exact) mass is 330 g/mol. The van der Waals surface area contributed by atoms with Gasteiger partial charge >= 0.3 is 11.8 Å². The second-order valence-corrected chi connectivity index (χ2v) is 6.56. The average molecular weight is 330 g/mol. The summed E-state index contributed by atoms with van der Waals surface area (Å²) < 4.78 is 5.18. The van der Waals surface area contributed by atoms with E-state index in [0.29, 0.717) is 18.2 Å². The fourth-order valence-electron chi connectivity index (χ4n) is 2.98. The van der Waals surface area contributed by atoms with Crippen molar-refractivity contribution in [3.05, 3.63) is 24.5 Å². The molecule has 24 heavy (non-hydrogen) atoms. The maximum Gasteiger partial charge on any atom is 0.316 e. The molecule has 3 heterocycles. The van der Waals surface area contributed by atoms with E-state index in [2.05, 4.69) is 45.9 Å². The Morgan fingerprint density at radius 1 is 1.38 bits per heavy atom. The largest absolute Gasteiger partial charge is 0.329 e. The number of aromatic nitrogens is 4. The van der Waals surface area contributed by atoms with Crippen LogP contribution < -0.4 is 0 Å². The van der Waals surface area contributed by atoms with Gasteiger partial charge in [-0.15, -0.1) is 0 Å². The summed E-state index contributed by atoms with van der Waals surface area (Å²) in [7, 11) is 2.08. The fraction of sp³-hybridized carbons (Fsp3) is 0.562. The average Bonchev–Trinajstić information content (AvgIpc) is 3.05. The molecule has 0 N–H and O–H groups in total. The summed E-state index contributed by atoms with van der Waals surface area (Å²) in [4.78, 5) is 29.2. The summed E-state index contributed by atoms with van der Waals surface area (Å²) in [6.45, 7) is 6.68. The molecule has 0 aliphatic carbocycles. The number of amides is 1. The van der Waals surface area contributed by atoms with Gasteiger partial charge in [-0.05, 0) is 19.4 Å². The van der Waals surface area contributed by atoms with Gasteiger partial charge in [0.15, 0.2) is 0 Å². The second-order valence-electron chi connectivity index (χ2n) is 6.56. The lowest BCUT2D eigenvalue weighted by Crippen LogP contribution is -2.54. The first-order chi connectivity index (χ1) is 11.5. The topological polar surface area (TPSA) is 88.2 Å². The van der Waals surface area contributed by atoms with E-state index in [-0.39, 0.29) is 23.7 Å². The molecular weight excluding hydrogens is 308 g/mol. The van der Waals surface area contributed by atoms with Gasteiger partial charge < -0.3 is 14.3 Å². The van der Waals surface area contributed by atoms with Crippen LogP contribution >= 0.6 is 0 Å². The molecule has 8 nitrogen and oxygen atoms in total. The van der Waals surface area contributed by atoms with Gasteiger partial charge in [0.25, 0.3) is 0 Å². The third kappa shape index (κ3) is 3.59. The van der Waals surface area contributed by atoms with Crippen molar-refractivity contribution >= 4 is 5.91 Å². The van der Waals surface area contributed by atoms with Crippen LogP contribution in [0.4, 0.5) is 0 Å². The normalized spacial score (nSPS) is 19.0. The van der Waals surface area contributed by atoms with E-state index in [4.69, 9.17) is 4.52 Å². The fourth-order valence-corrected chi connectivity index (χ4v) is 2.98. The van der Waals surface area contributed by atoms with Crippen molar-refractivity contribution in [1.29, 1.82) is 0 Å². The van der Waals surface area contributed by atoms with Crippen LogP contribution in [0, 0.1) is 5.92 Å². The summed E-state index contributed by atoms with van der Waals surface area (Å²) >= 11 is 0. The lowest BCUT2D eigenvalue weighted by atomic mass is 10.00. The summed E-state index contributed by atoms with van der Waals surface area (Å²) in [5.74, 6) is 0.584. The van der Waals surface area contributed by atoms with E-state index < -0.39 is 0 Å². The minimum absolute atomic E-state index is 0.00830. The molecule has 1 atom stereocenters. The van der Waals surface area contributed by atoms with Crippen LogP contribution in [-0.4, -0.2) is 68.5 Å². The maximum absolute atomic E-state index is 12.8. The Bertz CT molecular complexity index is 685. The van der Waals surface area contributed by atoms with E-state index >= 15 is 0 Å². The minimum Gasteiger partial charge on any atom is -0.329 e. The van der Waals surface area contributed by atoms with Crippen molar-refractivity contribution in [1.82, 2.24) is 29.9 Å². The van der Waals surface area contributed by atoms with Crippen molar-refractivity contribution in [3.8, 4) is 11.5 Å². The lowest BCUT2D eigenvalue weighted by molar-refractivity contribution is 0.0415. The van der Waals surface area contributed by atoms with Crippen LogP contribution in [0.1, 0.15) is 31.0 Å². The van der Waals surface area contributed by atoms with Crippen LogP contribution in [0.15, 0.2) is 23.1 Å². The predicted octanol–water partition coefficient (Wildman–Crippen LogP) is 1.33. The van der Waals surface area contributed by atoms with Crippen LogP contribution in [0.25, 0.3) is 11.5 Å². The molecule has 0 bridgehead atoms. The third-order valence-electron chi connectivity index (χ3n) is 4.09. The minimum atomic E-state index is -0.212. The van der Waals surface area contributed by atoms with Gasteiger partial charge in [-0.25, -0.2) is 4.98 Å². The van der Waals surface area contributed by atoms with Gasteiger partial charge in [0.1, 0.15) is 5.69 Å². The van der Waals surface area contributed by atoms with Crippen molar-refractivity contribution < 1.29 is 9.32 Å². The molecule has 1 unspecified atom stereocenters. The van der Waals surface area contributed by atoms with E-state index in [1.165, 1.54) is 6.20 Å². The number of hydrogen-bond acceptors (Lipinski definition) is 7. The van der Waals surface area contributed by atoms with Crippen LogP contribution in [-0.2, 0) is 0 Å². The number of rotatable bonds is 4. The molecule has 0 aromatic carbocycles. The van der Waals surface area contributed by atoms with Gasteiger partial charge in [-0.1, -0.05) is 19.0 Å². The predicted molar refractivity (Wildman–Crippen MR) is 87.1 cm³/mol. The highest BCUT2D eigenvalue weighted by Crippen LogP contribution is 2.20. The molecule has 0 spiro atoms. The van der Waals surface area contributed by atoms with Crippen molar-refractivity contribution in [2.75, 3.05) is 26.7 Å². The van der Waals surface area contributed by atoms with Crippen LogP contribution in [0.5, 0.6) is 0 Å². The molecule has 128 valence electrons. The molecule has 1 aliphatic rings. The number of piperazine rings is 1. The molecule has 1 aliphatic heterocycles. The zero-order valence-corrected chi connectivity index (χ0v) is 14.2. The lowest BCUT2D eigenvalue weighted by Gasteiger charge is -2.40. The molecule has 0 saturated carbocycles. The molecular formula is C16H22N6O2. The zero-order valence-electron chi connectivity index (χ0n) is 14.2. The summed E-state index contributed by atoms with van der Waals surface area (Å²) in [5, 5.41) is 3.86. The van der Waals surface area contributed by atoms with Crippen molar-refractivity contribution in [2.45, 2.75) is 26.3 Å². The summed E-state index contributed by atoms with van der Waals surface area (Å²) in [6.07, 6.45) is 5.60. The number of hydrogen-bond donors (Lipinski definition) is 0. The van der Waals surface area contributed by atoms with Gasteiger partial charge in [-0.3, -0.25) is 9.78 Å². The SMILES string of the molecule is CC(C)CC1CN(C)CCN1C(=O)c1nc(-c2cnccn2)no1. The highest BCUT2D eigenvalue weighted by molar-refractivity contribution is 5.90. The quantitative estimate of drug-likeness (QED) is 0.835. The van der Waals surface area contributed by atoms with Gasteiger partial charge in [0.05, 0.1) is 6.20 Å². The molecule has 3 rings (SSSR count). The first-order valence-corrected chi connectivity index (χ1v) is 8.14. The number of carbonyl (C=O) groups is 1. The van der Waals surface area contributed by atoms with Gasteiger partial charge in [-0.2, -0.15) is 4.98 Å². The molecule has 1 saturated heterocycles. The summed E-state index contributed by atoms with van der Waals surface area (Å²) in [5.41, 5.74) is 0.484. The Morgan fingerprint density at radius 2 is 2.21 bits per heavy atom. The van der Waals surface area contributed by atoms with Gasteiger partial charge in [0.2, 0.25) is 5.82 Å². The smallest absolute Gasteiger partial charge is 0.316 e. The Morgan fingerprint density at radius 3 is 2.92 bits per heavy atom. The van der Waals surface area contributed by atoms with E-state index in [0.717, 1.165) is 19.5 Å². The van der Waals surface area contributed by atoms with Gasteiger partial charge in [0, 0.05) is 38.1 Å². The Balaban J connectivity index is 1.78. The molecule has 2 aromatic heterocycles. The highest BCUT2D eigenvalue weighted by Gasteiger charge is 2.33. The number of nitrogens with zero attached hydrogens (tertiary/aromatic N) is 6.